The SMILES string of the molecule is CC(C)(C)OC(=O)NC(Cc1ccccc1)C(=O)Nc1ccc(F)cc1. The zero-order valence-electron chi connectivity index (χ0n) is 15.1. The van der Waals surface area contributed by atoms with Crippen LogP contribution in [-0.4, -0.2) is 23.6 Å². The molecule has 138 valence electrons. The van der Waals surface area contributed by atoms with E-state index in [0.717, 1.165) is 5.56 Å². The van der Waals surface area contributed by atoms with Gasteiger partial charge in [0, 0.05) is 12.1 Å². The van der Waals surface area contributed by atoms with E-state index >= 15 is 0 Å². The van der Waals surface area contributed by atoms with Gasteiger partial charge in [-0.25, -0.2) is 9.18 Å². The quantitative estimate of drug-likeness (QED) is 0.852. The van der Waals surface area contributed by atoms with Crippen molar-refractivity contribution in [3.63, 3.8) is 0 Å². The normalized spacial score (nSPS) is 12.2. The van der Waals surface area contributed by atoms with Crippen LogP contribution in [0.3, 0.4) is 0 Å². The first kappa shape index (κ1) is 19.4. The molecule has 2 rings (SSSR count). The lowest BCUT2D eigenvalue weighted by molar-refractivity contribution is -0.118. The second kappa shape index (κ2) is 8.47. The molecule has 0 heterocycles. The van der Waals surface area contributed by atoms with Gasteiger partial charge in [0.25, 0.3) is 0 Å². The second-order valence-electron chi connectivity index (χ2n) is 6.88. The Morgan fingerprint density at radius 1 is 1.04 bits per heavy atom. The Morgan fingerprint density at radius 3 is 2.23 bits per heavy atom. The number of hydrogen-bond acceptors (Lipinski definition) is 3. The van der Waals surface area contributed by atoms with E-state index in [1.807, 2.05) is 30.3 Å². The maximum atomic E-state index is 13.0. The second-order valence-corrected chi connectivity index (χ2v) is 6.88. The summed E-state index contributed by atoms with van der Waals surface area (Å²) in [6, 6.07) is 13.9. The van der Waals surface area contributed by atoms with Gasteiger partial charge in [-0.1, -0.05) is 30.3 Å². The molecule has 0 fully saturated rings. The first-order valence-electron chi connectivity index (χ1n) is 8.33. The van der Waals surface area contributed by atoms with Crippen LogP contribution in [-0.2, 0) is 16.0 Å². The summed E-state index contributed by atoms with van der Waals surface area (Å²) in [6.07, 6.45) is -0.375. The highest BCUT2D eigenvalue weighted by Gasteiger charge is 2.24. The number of hydrogen-bond donors (Lipinski definition) is 2. The fourth-order valence-electron chi connectivity index (χ4n) is 2.27. The van der Waals surface area contributed by atoms with Crippen LogP contribution in [0.15, 0.2) is 54.6 Å². The van der Waals surface area contributed by atoms with E-state index in [1.165, 1.54) is 24.3 Å². The van der Waals surface area contributed by atoms with Gasteiger partial charge in [0.1, 0.15) is 17.5 Å². The first-order valence-corrected chi connectivity index (χ1v) is 8.33. The van der Waals surface area contributed by atoms with Crippen molar-refractivity contribution < 1.29 is 18.7 Å². The molecule has 1 atom stereocenters. The maximum Gasteiger partial charge on any atom is 0.408 e. The molecular formula is C20H23FN2O3. The lowest BCUT2D eigenvalue weighted by atomic mass is 10.1. The van der Waals surface area contributed by atoms with Crippen molar-refractivity contribution in [2.75, 3.05) is 5.32 Å². The molecule has 0 aliphatic rings. The van der Waals surface area contributed by atoms with E-state index in [4.69, 9.17) is 4.74 Å². The topological polar surface area (TPSA) is 67.4 Å². The molecule has 0 aliphatic carbocycles. The predicted octanol–water partition coefficient (Wildman–Crippen LogP) is 3.90. The summed E-state index contributed by atoms with van der Waals surface area (Å²) < 4.78 is 18.3. The number of benzene rings is 2. The third-order valence-electron chi connectivity index (χ3n) is 3.40. The van der Waals surface area contributed by atoms with Gasteiger partial charge in [0.2, 0.25) is 5.91 Å². The van der Waals surface area contributed by atoms with Crippen LogP contribution in [0.25, 0.3) is 0 Å². The fourth-order valence-corrected chi connectivity index (χ4v) is 2.27. The Balaban J connectivity index is 2.11. The third kappa shape index (κ3) is 6.55. The van der Waals surface area contributed by atoms with E-state index in [2.05, 4.69) is 10.6 Å². The molecule has 26 heavy (non-hydrogen) atoms. The van der Waals surface area contributed by atoms with Crippen LogP contribution < -0.4 is 10.6 Å². The highest BCUT2D eigenvalue weighted by molar-refractivity contribution is 5.96. The Morgan fingerprint density at radius 2 is 1.65 bits per heavy atom. The molecule has 0 saturated heterocycles. The minimum absolute atomic E-state index is 0.299. The summed E-state index contributed by atoms with van der Waals surface area (Å²) in [4.78, 5) is 24.7. The number of anilines is 1. The molecule has 2 N–H and O–H groups in total. The van der Waals surface area contributed by atoms with Crippen molar-refractivity contribution in [1.29, 1.82) is 0 Å². The van der Waals surface area contributed by atoms with Crippen LogP contribution in [0.2, 0.25) is 0 Å². The average Bonchev–Trinajstić information content (AvgIpc) is 2.55. The molecule has 0 aromatic heterocycles. The number of halogens is 1. The average molecular weight is 358 g/mol. The summed E-state index contributed by atoms with van der Waals surface area (Å²) >= 11 is 0. The molecule has 0 saturated carbocycles. The van der Waals surface area contributed by atoms with Gasteiger partial charge in [-0.3, -0.25) is 4.79 Å². The van der Waals surface area contributed by atoms with Gasteiger partial charge in [-0.2, -0.15) is 0 Å². The summed E-state index contributed by atoms with van der Waals surface area (Å²) in [7, 11) is 0. The van der Waals surface area contributed by atoms with E-state index in [0.29, 0.717) is 12.1 Å². The highest BCUT2D eigenvalue weighted by Crippen LogP contribution is 2.12. The number of nitrogens with one attached hydrogen (secondary N) is 2. The molecule has 2 aromatic carbocycles. The molecule has 2 aromatic rings. The molecule has 0 spiro atoms. The number of ether oxygens (including phenoxy) is 1. The number of rotatable bonds is 5. The molecule has 0 radical (unpaired) electrons. The predicted molar refractivity (Wildman–Crippen MR) is 98.3 cm³/mol. The van der Waals surface area contributed by atoms with Gasteiger partial charge < -0.3 is 15.4 Å². The van der Waals surface area contributed by atoms with Crippen molar-refractivity contribution >= 4 is 17.7 Å². The minimum Gasteiger partial charge on any atom is -0.444 e. The number of carbonyl (C=O) groups is 2. The summed E-state index contributed by atoms with van der Waals surface area (Å²) in [5.74, 6) is -0.804. The van der Waals surface area contributed by atoms with Crippen LogP contribution in [0.1, 0.15) is 26.3 Å². The van der Waals surface area contributed by atoms with Crippen LogP contribution in [0.4, 0.5) is 14.9 Å². The molecule has 2 amide bonds. The van der Waals surface area contributed by atoms with Gasteiger partial charge in [-0.05, 0) is 50.6 Å². The number of carbonyl (C=O) groups excluding carboxylic acids is 2. The summed E-state index contributed by atoms with van der Waals surface area (Å²) in [5.41, 5.74) is 0.665. The van der Waals surface area contributed by atoms with Crippen molar-refractivity contribution in [3.8, 4) is 0 Å². The highest BCUT2D eigenvalue weighted by atomic mass is 19.1. The molecule has 6 heteroatoms. The van der Waals surface area contributed by atoms with Crippen LogP contribution >= 0.6 is 0 Å². The van der Waals surface area contributed by atoms with Crippen molar-refractivity contribution in [3.05, 3.63) is 66.0 Å². The summed E-state index contributed by atoms with van der Waals surface area (Å²) in [5, 5.41) is 5.29. The number of alkyl carbamates (subject to hydrolysis) is 1. The van der Waals surface area contributed by atoms with E-state index in [-0.39, 0.29) is 0 Å². The van der Waals surface area contributed by atoms with Crippen molar-refractivity contribution in [1.82, 2.24) is 5.32 Å². The summed E-state index contributed by atoms with van der Waals surface area (Å²) in [6.45, 7) is 5.24. The van der Waals surface area contributed by atoms with E-state index in [9.17, 15) is 14.0 Å². The van der Waals surface area contributed by atoms with Crippen molar-refractivity contribution in [2.24, 2.45) is 0 Å². The van der Waals surface area contributed by atoms with Crippen LogP contribution in [0, 0.1) is 5.82 Å². The fraction of sp³-hybridized carbons (Fsp3) is 0.300. The Bertz CT molecular complexity index is 740. The Hall–Kier alpha value is -2.89. The lowest BCUT2D eigenvalue weighted by Crippen LogP contribution is -2.47. The van der Waals surface area contributed by atoms with Crippen LogP contribution in [0.5, 0.6) is 0 Å². The van der Waals surface area contributed by atoms with E-state index in [1.54, 1.807) is 20.8 Å². The van der Waals surface area contributed by atoms with E-state index < -0.39 is 29.5 Å². The standard InChI is InChI=1S/C20H23FN2O3/c1-20(2,3)26-19(25)23-17(13-14-7-5-4-6-8-14)18(24)22-16-11-9-15(21)10-12-16/h4-12,17H,13H2,1-3H3,(H,22,24)(H,23,25). The Labute approximate surface area is 152 Å². The smallest absolute Gasteiger partial charge is 0.408 e. The minimum atomic E-state index is -0.836. The van der Waals surface area contributed by atoms with Gasteiger partial charge in [-0.15, -0.1) is 0 Å². The zero-order chi connectivity index (χ0) is 19.2. The molecule has 0 aliphatic heterocycles. The Kier molecular flexibility index (Phi) is 6.33. The maximum absolute atomic E-state index is 13.0. The van der Waals surface area contributed by atoms with Gasteiger partial charge in [0.05, 0.1) is 0 Å². The first-order chi connectivity index (χ1) is 12.2. The largest absolute Gasteiger partial charge is 0.444 e. The lowest BCUT2D eigenvalue weighted by Gasteiger charge is -2.23. The molecular weight excluding hydrogens is 335 g/mol. The molecule has 5 nitrogen and oxygen atoms in total. The van der Waals surface area contributed by atoms with Gasteiger partial charge >= 0.3 is 6.09 Å². The molecule has 1 unspecified atom stereocenters. The van der Waals surface area contributed by atoms with Crippen molar-refractivity contribution in [2.45, 2.75) is 38.8 Å². The van der Waals surface area contributed by atoms with Gasteiger partial charge in [0.15, 0.2) is 0 Å². The number of amides is 2. The third-order valence-corrected chi connectivity index (χ3v) is 3.40. The zero-order valence-corrected chi connectivity index (χ0v) is 15.1. The monoisotopic (exact) mass is 358 g/mol. The molecule has 0 bridgehead atoms.